The molecule has 0 unspecified atom stereocenters. The Kier molecular flexibility index (Phi) is 7.36. The third-order valence-electron chi connectivity index (χ3n) is 5.84. The monoisotopic (exact) mass is 452 g/mol. The number of ether oxygens (including phenoxy) is 1. The number of nitrogens with one attached hydrogen (secondary N) is 2. The summed E-state index contributed by atoms with van der Waals surface area (Å²) in [7, 11) is 0. The van der Waals surface area contributed by atoms with Crippen molar-refractivity contribution in [3.05, 3.63) is 65.6 Å². The standard InChI is InChI=1S/C25H29FN4O3/c1-2-24(31)28-20-7-8-22-19(15-20)16-23(30(22)17-18-5-3-4-6-21(18)26)25(32)27-9-10-29-11-13-33-14-12-29/h3-8,15-16H,2,9-14,17H2,1H3,(H,27,32)(H,28,31). The second kappa shape index (κ2) is 10.6. The van der Waals surface area contributed by atoms with Crippen LogP contribution in [0.25, 0.3) is 10.9 Å². The molecule has 0 bridgehead atoms. The van der Waals surface area contributed by atoms with Crippen LogP contribution in [0, 0.1) is 5.82 Å². The highest BCUT2D eigenvalue weighted by Gasteiger charge is 2.18. The fourth-order valence-corrected chi connectivity index (χ4v) is 4.00. The number of benzene rings is 2. The van der Waals surface area contributed by atoms with Gasteiger partial charge < -0.3 is 19.9 Å². The summed E-state index contributed by atoms with van der Waals surface area (Å²) in [6.07, 6.45) is 0.378. The molecule has 8 heteroatoms. The molecular formula is C25H29FN4O3. The van der Waals surface area contributed by atoms with E-state index in [4.69, 9.17) is 4.74 Å². The topological polar surface area (TPSA) is 75.6 Å². The van der Waals surface area contributed by atoms with Gasteiger partial charge in [-0.25, -0.2) is 4.39 Å². The van der Waals surface area contributed by atoms with Crippen LogP contribution in [0.2, 0.25) is 0 Å². The van der Waals surface area contributed by atoms with Crippen LogP contribution in [-0.2, 0) is 16.1 Å². The molecule has 0 spiro atoms. The Morgan fingerprint density at radius 3 is 2.64 bits per heavy atom. The van der Waals surface area contributed by atoms with Crippen molar-refractivity contribution in [1.29, 1.82) is 0 Å². The maximum Gasteiger partial charge on any atom is 0.267 e. The minimum atomic E-state index is -0.315. The first kappa shape index (κ1) is 22.9. The normalized spacial score (nSPS) is 14.4. The van der Waals surface area contributed by atoms with Crippen molar-refractivity contribution in [3.63, 3.8) is 0 Å². The van der Waals surface area contributed by atoms with Gasteiger partial charge in [0.2, 0.25) is 5.91 Å². The summed E-state index contributed by atoms with van der Waals surface area (Å²) in [5, 5.41) is 6.65. The van der Waals surface area contributed by atoms with Crippen LogP contribution in [0.3, 0.4) is 0 Å². The zero-order valence-corrected chi connectivity index (χ0v) is 18.8. The molecule has 1 aromatic heterocycles. The third-order valence-corrected chi connectivity index (χ3v) is 5.84. The molecule has 1 fully saturated rings. The van der Waals surface area contributed by atoms with E-state index in [2.05, 4.69) is 15.5 Å². The molecule has 2 aromatic carbocycles. The van der Waals surface area contributed by atoms with Gasteiger partial charge in [0.1, 0.15) is 11.5 Å². The van der Waals surface area contributed by atoms with E-state index in [1.54, 1.807) is 37.3 Å². The number of hydrogen-bond donors (Lipinski definition) is 2. The molecule has 1 aliphatic rings. The molecule has 33 heavy (non-hydrogen) atoms. The van der Waals surface area contributed by atoms with Crippen molar-refractivity contribution in [3.8, 4) is 0 Å². The summed E-state index contributed by atoms with van der Waals surface area (Å²) in [5.41, 5.74) is 2.41. The lowest BCUT2D eigenvalue weighted by molar-refractivity contribution is -0.115. The van der Waals surface area contributed by atoms with Crippen molar-refractivity contribution in [2.45, 2.75) is 19.9 Å². The molecule has 0 atom stereocenters. The van der Waals surface area contributed by atoms with Crippen LogP contribution in [0.15, 0.2) is 48.5 Å². The number of nitrogens with zero attached hydrogens (tertiary/aromatic N) is 2. The lowest BCUT2D eigenvalue weighted by atomic mass is 10.2. The van der Waals surface area contributed by atoms with E-state index in [1.807, 2.05) is 16.7 Å². The van der Waals surface area contributed by atoms with Crippen molar-refractivity contribution < 1.29 is 18.7 Å². The average molecular weight is 453 g/mol. The Bertz CT molecular complexity index is 1140. The summed E-state index contributed by atoms with van der Waals surface area (Å²) in [4.78, 5) is 27.2. The average Bonchev–Trinajstić information content (AvgIpc) is 3.18. The van der Waals surface area contributed by atoms with Gasteiger partial charge in [0, 0.05) is 54.8 Å². The first-order valence-corrected chi connectivity index (χ1v) is 11.3. The molecule has 3 aromatic rings. The van der Waals surface area contributed by atoms with Gasteiger partial charge in [-0.3, -0.25) is 14.5 Å². The van der Waals surface area contributed by atoms with Gasteiger partial charge in [-0.05, 0) is 30.3 Å². The highest BCUT2D eigenvalue weighted by molar-refractivity contribution is 6.00. The number of amides is 2. The van der Waals surface area contributed by atoms with Gasteiger partial charge in [0.15, 0.2) is 0 Å². The second-order valence-corrected chi connectivity index (χ2v) is 8.09. The fraction of sp³-hybridized carbons (Fsp3) is 0.360. The van der Waals surface area contributed by atoms with E-state index in [-0.39, 0.29) is 24.2 Å². The van der Waals surface area contributed by atoms with E-state index in [1.165, 1.54) is 6.07 Å². The maximum atomic E-state index is 14.4. The van der Waals surface area contributed by atoms with Gasteiger partial charge in [0.05, 0.1) is 19.8 Å². The Hall–Kier alpha value is -3.23. The number of carbonyl (C=O) groups excluding carboxylic acids is 2. The van der Waals surface area contributed by atoms with Crippen LogP contribution in [0.5, 0.6) is 0 Å². The molecule has 4 rings (SSSR count). The lowest BCUT2D eigenvalue weighted by Crippen LogP contribution is -2.41. The quantitative estimate of drug-likeness (QED) is 0.550. The first-order valence-electron chi connectivity index (χ1n) is 11.3. The van der Waals surface area contributed by atoms with Crippen LogP contribution in [0.4, 0.5) is 10.1 Å². The van der Waals surface area contributed by atoms with Gasteiger partial charge in [-0.1, -0.05) is 25.1 Å². The number of carbonyl (C=O) groups is 2. The predicted octanol–water partition coefficient (Wildman–Crippen LogP) is 3.24. The molecule has 0 radical (unpaired) electrons. The van der Waals surface area contributed by atoms with Gasteiger partial charge >= 0.3 is 0 Å². The van der Waals surface area contributed by atoms with Crippen molar-refractivity contribution in [1.82, 2.24) is 14.8 Å². The van der Waals surface area contributed by atoms with Gasteiger partial charge in [-0.2, -0.15) is 0 Å². The molecule has 0 aliphatic carbocycles. The van der Waals surface area contributed by atoms with Crippen LogP contribution < -0.4 is 10.6 Å². The number of aromatic nitrogens is 1. The third kappa shape index (κ3) is 5.58. The Morgan fingerprint density at radius 1 is 1.09 bits per heavy atom. The van der Waals surface area contributed by atoms with E-state index in [0.717, 1.165) is 30.5 Å². The van der Waals surface area contributed by atoms with E-state index < -0.39 is 0 Å². The molecule has 0 saturated carbocycles. The Labute approximate surface area is 192 Å². The molecule has 2 N–H and O–H groups in total. The molecule has 2 heterocycles. The van der Waals surface area contributed by atoms with Gasteiger partial charge in [-0.15, -0.1) is 0 Å². The molecular weight excluding hydrogens is 423 g/mol. The Morgan fingerprint density at radius 2 is 1.88 bits per heavy atom. The van der Waals surface area contributed by atoms with Crippen LogP contribution in [-0.4, -0.2) is 60.7 Å². The number of halogens is 1. The van der Waals surface area contributed by atoms with E-state index in [9.17, 15) is 14.0 Å². The number of morpholine rings is 1. The minimum Gasteiger partial charge on any atom is -0.379 e. The summed E-state index contributed by atoms with van der Waals surface area (Å²) < 4.78 is 21.6. The molecule has 7 nitrogen and oxygen atoms in total. The first-order chi connectivity index (χ1) is 16.0. The molecule has 2 amide bonds. The maximum absolute atomic E-state index is 14.4. The number of rotatable bonds is 8. The SMILES string of the molecule is CCC(=O)Nc1ccc2c(c1)cc(C(=O)NCCN1CCOCC1)n2Cc1ccccc1F. The minimum absolute atomic E-state index is 0.0822. The van der Waals surface area contributed by atoms with E-state index in [0.29, 0.717) is 43.1 Å². The largest absolute Gasteiger partial charge is 0.379 e. The molecule has 1 saturated heterocycles. The smallest absolute Gasteiger partial charge is 0.267 e. The highest BCUT2D eigenvalue weighted by atomic mass is 19.1. The van der Waals surface area contributed by atoms with Crippen molar-refractivity contribution in [2.24, 2.45) is 0 Å². The molecule has 1 aliphatic heterocycles. The predicted molar refractivity (Wildman–Crippen MR) is 126 cm³/mol. The van der Waals surface area contributed by atoms with Crippen molar-refractivity contribution >= 4 is 28.4 Å². The summed E-state index contributed by atoms with van der Waals surface area (Å²) in [5.74, 6) is -0.610. The zero-order valence-electron chi connectivity index (χ0n) is 18.8. The van der Waals surface area contributed by atoms with Crippen LogP contribution in [0.1, 0.15) is 29.4 Å². The summed E-state index contributed by atoms with van der Waals surface area (Å²) in [6.45, 7) is 6.41. The second-order valence-electron chi connectivity index (χ2n) is 8.09. The van der Waals surface area contributed by atoms with E-state index >= 15 is 0 Å². The molecule has 174 valence electrons. The number of anilines is 1. The lowest BCUT2D eigenvalue weighted by Gasteiger charge is -2.26. The fourth-order valence-electron chi connectivity index (χ4n) is 4.00. The number of hydrogen-bond acceptors (Lipinski definition) is 4. The summed E-state index contributed by atoms with van der Waals surface area (Å²) >= 11 is 0. The Balaban J connectivity index is 1.59. The summed E-state index contributed by atoms with van der Waals surface area (Å²) in [6, 6.07) is 13.9. The van der Waals surface area contributed by atoms with Gasteiger partial charge in [0.25, 0.3) is 5.91 Å². The van der Waals surface area contributed by atoms with Crippen molar-refractivity contribution in [2.75, 3.05) is 44.7 Å². The zero-order chi connectivity index (χ0) is 23.2. The van der Waals surface area contributed by atoms with Crippen LogP contribution >= 0.6 is 0 Å². The highest BCUT2D eigenvalue weighted by Crippen LogP contribution is 2.25. The number of fused-ring (bicyclic) bond motifs is 1.